The third-order valence-electron chi connectivity index (χ3n) is 2.83. The normalized spacial score (nSPS) is 10.4. The van der Waals surface area contributed by atoms with Gasteiger partial charge in [-0.3, -0.25) is 0 Å². The molecule has 0 saturated carbocycles. The third-order valence-corrected chi connectivity index (χ3v) is 3.12. The number of hydrogen-bond donors (Lipinski definition) is 1. The molecule has 0 heterocycles. The van der Waals surface area contributed by atoms with Crippen LogP contribution >= 0.6 is 11.6 Å². The highest BCUT2D eigenvalue weighted by atomic mass is 35.5. The van der Waals surface area contributed by atoms with Crippen LogP contribution in [0.2, 0.25) is 5.02 Å². The Labute approximate surface area is 119 Å². The van der Waals surface area contributed by atoms with Crippen molar-refractivity contribution in [2.24, 2.45) is 0 Å². The zero-order chi connectivity index (χ0) is 13.5. The summed E-state index contributed by atoms with van der Waals surface area (Å²) in [7, 11) is 0. The molecule has 0 unspecified atom stereocenters. The summed E-state index contributed by atoms with van der Waals surface area (Å²) >= 11 is 6.25. The lowest BCUT2D eigenvalue weighted by Gasteiger charge is -2.10. The Bertz CT molecular complexity index is 513. The van der Waals surface area contributed by atoms with Crippen LogP contribution in [-0.2, 0) is 0 Å². The van der Waals surface area contributed by atoms with Crippen LogP contribution in [0.1, 0.15) is 6.92 Å². The fourth-order valence-corrected chi connectivity index (χ4v) is 2.07. The quantitative estimate of drug-likeness (QED) is 0.805. The number of halogens is 1. The molecule has 100 valence electrons. The standard InChI is InChI=1S/C16H18ClNO/c1-2-18-10-11-19-16-9-8-14(12-15(16)17)13-6-4-3-5-7-13/h3-9,12,18H,2,10-11H2,1H3. The molecule has 0 bridgehead atoms. The highest BCUT2D eigenvalue weighted by Crippen LogP contribution is 2.30. The molecule has 0 aliphatic heterocycles. The number of likely N-dealkylation sites (N-methyl/N-ethyl adjacent to an activating group) is 1. The zero-order valence-electron chi connectivity index (χ0n) is 11.0. The summed E-state index contributed by atoms with van der Waals surface area (Å²) < 4.78 is 5.64. The zero-order valence-corrected chi connectivity index (χ0v) is 11.8. The Hall–Kier alpha value is -1.51. The van der Waals surface area contributed by atoms with Crippen LogP contribution < -0.4 is 10.1 Å². The molecule has 0 radical (unpaired) electrons. The van der Waals surface area contributed by atoms with Gasteiger partial charge < -0.3 is 10.1 Å². The predicted octanol–water partition coefficient (Wildman–Crippen LogP) is 4.00. The van der Waals surface area contributed by atoms with Gasteiger partial charge in [-0.05, 0) is 29.8 Å². The van der Waals surface area contributed by atoms with E-state index in [0.29, 0.717) is 11.6 Å². The van der Waals surface area contributed by atoms with Crippen LogP contribution in [0, 0.1) is 0 Å². The fraction of sp³-hybridized carbons (Fsp3) is 0.250. The molecule has 2 nitrogen and oxygen atoms in total. The number of benzene rings is 2. The second kappa shape index (κ2) is 7.17. The molecule has 2 aromatic carbocycles. The van der Waals surface area contributed by atoms with Gasteiger partial charge in [0.1, 0.15) is 12.4 Å². The van der Waals surface area contributed by atoms with Gasteiger partial charge in [-0.15, -0.1) is 0 Å². The number of hydrogen-bond acceptors (Lipinski definition) is 2. The molecule has 0 aromatic heterocycles. The first kappa shape index (κ1) is 13.9. The lowest BCUT2D eigenvalue weighted by atomic mass is 10.1. The Kier molecular flexibility index (Phi) is 5.25. The summed E-state index contributed by atoms with van der Waals surface area (Å²) in [6.07, 6.45) is 0. The minimum Gasteiger partial charge on any atom is -0.491 e. The monoisotopic (exact) mass is 275 g/mol. The second-order valence-electron chi connectivity index (χ2n) is 4.21. The lowest BCUT2D eigenvalue weighted by molar-refractivity contribution is 0.315. The first-order valence-electron chi connectivity index (χ1n) is 6.49. The van der Waals surface area contributed by atoms with Crippen molar-refractivity contribution in [2.45, 2.75) is 6.92 Å². The molecule has 0 aliphatic carbocycles. The summed E-state index contributed by atoms with van der Waals surface area (Å²) in [6.45, 7) is 4.47. The third kappa shape index (κ3) is 3.98. The van der Waals surface area contributed by atoms with Crippen LogP contribution in [0.25, 0.3) is 11.1 Å². The van der Waals surface area contributed by atoms with Crippen molar-refractivity contribution in [1.82, 2.24) is 5.32 Å². The predicted molar refractivity (Wildman–Crippen MR) is 80.9 cm³/mol. The van der Waals surface area contributed by atoms with Gasteiger partial charge in [0.05, 0.1) is 5.02 Å². The molecular weight excluding hydrogens is 258 g/mol. The second-order valence-corrected chi connectivity index (χ2v) is 4.62. The van der Waals surface area contributed by atoms with Gasteiger partial charge in [0.25, 0.3) is 0 Å². The Morgan fingerprint density at radius 2 is 1.84 bits per heavy atom. The first-order valence-corrected chi connectivity index (χ1v) is 6.87. The van der Waals surface area contributed by atoms with Gasteiger partial charge >= 0.3 is 0 Å². The number of ether oxygens (including phenoxy) is 1. The maximum absolute atomic E-state index is 6.25. The fourth-order valence-electron chi connectivity index (χ4n) is 1.84. The van der Waals surface area contributed by atoms with E-state index in [0.717, 1.165) is 30.0 Å². The summed E-state index contributed by atoms with van der Waals surface area (Å²) in [6, 6.07) is 16.1. The SMILES string of the molecule is CCNCCOc1ccc(-c2ccccc2)cc1Cl. The van der Waals surface area contributed by atoms with Gasteiger partial charge in [-0.2, -0.15) is 0 Å². The van der Waals surface area contributed by atoms with Crippen molar-refractivity contribution in [3.8, 4) is 16.9 Å². The molecule has 0 saturated heterocycles. The highest BCUT2D eigenvalue weighted by Gasteiger charge is 2.04. The van der Waals surface area contributed by atoms with Crippen LogP contribution in [0.4, 0.5) is 0 Å². The summed E-state index contributed by atoms with van der Waals surface area (Å²) in [5.41, 5.74) is 2.26. The van der Waals surface area contributed by atoms with Gasteiger partial charge in [-0.1, -0.05) is 54.9 Å². The summed E-state index contributed by atoms with van der Waals surface area (Å²) in [5, 5.41) is 3.86. The van der Waals surface area contributed by atoms with E-state index in [2.05, 4.69) is 24.4 Å². The minimum atomic E-state index is 0.623. The maximum atomic E-state index is 6.25. The van der Waals surface area contributed by atoms with Crippen molar-refractivity contribution >= 4 is 11.6 Å². The van der Waals surface area contributed by atoms with Gasteiger partial charge in [-0.25, -0.2) is 0 Å². The van der Waals surface area contributed by atoms with Crippen molar-refractivity contribution in [3.05, 3.63) is 53.6 Å². The minimum absolute atomic E-state index is 0.623. The molecule has 0 amide bonds. The van der Waals surface area contributed by atoms with Crippen LogP contribution in [0.5, 0.6) is 5.75 Å². The topological polar surface area (TPSA) is 21.3 Å². The van der Waals surface area contributed by atoms with E-state index < -0.39 is 0 Å². The van der Waals surface area contributed by atoms with E-state index in [4.69, 9.17) is 16.3 Å². The summed E-state index contributed by atoms with van der Waals surface area (Å²) in [5.74, 6) is 0.735. The Morgan fingerprint density at radius 3 is 2.53 bits per heavy atom. The van der Waals surface area contributed by atoms with Gasteiger partial charge in [0.2, 0.25) is 0 Å². The van der Waals surface area contributed by atoms with Gasteiger partial charge in [0, 0.05) is 6.54 Å². The molecular formula is C16H18ClNO. The van der Waals surface area contributed by atoms with E-state index in [1.54, 1.807) is 0 Å². The first-order chi connectivity index (χ1) is 9.31. The molecule has 0 atom stereocenters. The Balaban J connectivity index is 2.05. The number of nitrogens with one attached hydrogen (secondary N) is 1. The lowest BCUT2D eigenvalue weighted by Crippen LogP contribution is -2.20. The maximum Gasteiger partial charge on any atom is 0.137 e. The van der Waals surface area contributed by atoms with Crippen LogP contribution in [0.3, 0.4) is 0 Å². The van der Waals surface area contributed by atoms with E-state index in [-0.39, 0.29) is 0 Å². The highest BCUT2D eigenvalue weighted by molar-refractivity contribution is 6.32. The largest absolute Gasteiger partial charge is 0.491 e. The molecule has 0 fully saturated rings. The van der Waals surface area contributed by atoms with E-state index in [9.17, 15) is 0 Å². The molecule has 1 N–H and O–H groups in total. The Morgan fingerprint density at radius 1 is 1.05 bits per heavy atom. The number of rotatable bonds is 6. The van der Waals surface area contributed by atoms with Crippen molar-refractivity contribution in [1.29, 1.82) is 0 Å². The van der Waals surface area contributed by atoms with Gasteiger partial charge in [0.15, 0.2) is 0 Å². The molecule has 3 heteroatoms. The average molecular weight is 276 g/mol. The summed E-state index contributed by atoms with van der Waals surface area (Å²) in [4.78, 5) is 0. The average Bonchev–Trinajstić information content (AvgIpc) is 2.46. The van der Waals surface area contributed by atoms with E-state index in [1.807, 2.05) is 36.4 Å². The smallest absolute Gasteiger partial charge is 0.137 e. The van der Waals surface area contributed by atoms with Crippen molar-refractivity contribution in [2.75, 3.05) is 19.7 Å². The molecule has 19 heavy (non-hydrogen) atoms. The molecule has 2 rings (SSSR count). The van der Waals surface area contributed by atoms with E-state index >= 15 is 0 Å². The molecule has 2 aromatic rings. The van der Waals surface area contributed by atoms with E-state index in [1.165, 1.54) is 0 Å². The van der Waals surface area contributed by atoms with Crippen molar-refractivity contribution < 1.29 is 4.74 Å². The molecule has 0 spiro atoms. The molecule has 0 aliphatic rings. The van der Waals surface area contributed by atoms with Crippen LogP contribution in [-0.4, -0.2) is 19.7 Å². The van der Waals surface area contributed by atoms with Crippen LogP contribution in [0.15, 0.2) is 48.5 Å². The van der Waals surface area contributed by atoms with Crippen molar-refractivity contribution in [3.63, 3.8) is 0 Å².